The van der Waals surface area contributed by atoms with Gasteiger partial charge in [-0.2, -0.15) is 0 Å². The SMILES string of the molecule is [2H]c1c([2H])c(C2CCC(C3CCC(CCC)CC3)CC2)c([2H])c([2H])c1OC. The minimum Gasteiger partial charge on any atom is -0.497 e. The van der Waals surface area contributed by atoms with E-state index in [1.54, 1.807) is 0 Å². The van der Waals surface area contributed by atoms with Crippen molar-refractivity contribution in [2.75, 3.05) is 7.11 Å². The summed E-state index contributed by atoms with van der Waals surface area (Å²) in [5.41, 5.74) is 0.607. The van der Waals surface area contributed by atoms with Crippen molar-refractivity contribution in [1.29, 1.82) is 0 Å². The van der Waals surface area contributed by atoms with Crippen LogP contribution in [0.4, 0.5) is 0 Å². The topological polar surface area (TPSA) is 9.23 Å². The molecule has 0 aliphatic heterocycles. The zero-order valence-electron chi connectivity index (χ0n) is 18.8. The quantitative estimate of drug-likeness (QED) is 0.596. The van der Waals surface area contributed by atoms with Crippen molar-refractivity contribution in [3.05, 3.63) is 29.7 Å². The summed E-state index contributed by atoms with van der Waals surface area (Å²) in [6, 6.07) is 0.113. The van der Waals surface area contributed by atoms with Crippen LogP contribution >= 0.6 is 0 Å². The fraction of sp³-hybridized carbons (Fsp3) is 0.727. The van der Waals surface area contributed by atoms with Crippen LogP contribution in [0.3, 0.4) is 0 Å². The summed E-state index contributed by atoms with van der Waals surface area (Å²) in [6.07, 6.45) is 12.6. The lowest BCUT2D eigenvalue weighted by molar-refractivity contribution is 0.156. The lowest BCUT2D eigenvalue weighted by atomic mass is 9.68. The first-order valence-corrected chi connectivity index (χ1v) is 9.62. The molecule has 0 N–H and O–H groups in total. The fourth-order valence-corrected chi connectivity index (χ4v) is 4.85. The minimum absolute atomic E-state index is 0.0372. The molecule has 1 nitrogen and oxygen atoms in total. The van der Waals surface area contributed by atoms with Crippen molar-refractivity contribution in [3.8, 4) is 5.75 Å². The Balaban J connectivity index is 1.65. The highest BCUT2D eigenvalue weighted by molar-refractivity contribution is 5.29. The molecular formula is C22H34O. The molecular weight excluding hydrogens is 280 g/mol. The zero-order valence-corrected chi connectivity index (χ0v) is 14.8. The molecule has 0 heterocycles. The highest BCUT2D eigenvalue weighted by Crippen LogP contribution is 2.44. The molecule has 128 valence electrons. The van der Waals surface area contributed by atoms with Crippen LogP contribution in [0.15, 0.2) is 24.2 Å². The molecule has 0 radical (unpaired) electrons. The lowest BCUT2D eigenvalue weighted by Crippen LogP contribution is -2.25. The van der Waals surface area contributed by atoms with E-state index >= 15 is 0 Å². The van der Waals surface area contributed by atoms with Crippen molar-refractivity contribution in [2.24, 2.45) is 17.8 Å². The molecule has 0 saturated heterocycles. The zero-order chi connectivity index (χ0) is 19.6. The third-order valence-corrected chi connectivity index (χ3v) is 6.26. The average Bonchev–Trinajstić information content (AvgIpc) is 2.69. The van der Waals surface area contributed by atoms with Gasteiger partial charge >= 0.3 is 0 Å². The monoisotopic (exact) mass is 318 g/mol. The third kappa shape index (κ3) is 4.31. The van der Waals surface area contributed by atoms with Gasteiger partial charge < -0.3 is 4.74 Å². The molecule has 0 aromatic heterocycles. The summed E-state index contributed by atoms with van der Waals surface area (Å²) in [5, 5.41) is 0. The molecule has 0 unspecified atom stereocenters. The van der Waals surface area contributed by atoms with Gasteiger partial charge in [-0.25, -0.2) is 0 Å². The van der Waals surface area contributed by atoms with Crippen LogP contribution in [0.5, 0.6) is 5.75 Å². The van der Waals surface area contributed by atoms with Crippen LogP contribution in [0.1, 0.15) is 88.1 Å². The van der Waals surface area contributed by atoms with Gasteiger partial charge in [-0.15, -0.1) is 0 Å². The Bertz CT molecular complexity index is 615. The maximum absolute atomic E-state index is 8.35. The van der Waals surface area contributed by atoms with Gasteiger partial charge in [-0.05, 0) is 79.8 Å². The van der Waals surface area contributed by atoms with Crippen LogP contribution in [0.25, 0.3) is 0 Å². The van der Waals surface area contributed by atoms with Crippen LogP contribution in [0, 0.1) is 17.8 Å². The van der Waals surface area contributed by atoms with Gasteiger partial charge in [-0.1, -0.05) is 44.7 Å². The van der Waals surface area contributed by atoms with Gasteiger partial charge in [0.1, 0.15) is 5.75 Å². The lowest BCUT2D eigenvalue weighted by Gasteiger charge is -2.38. The smallest absolute Gasteiger partial charge is 0.118 e. The number of hydrogen-bond donors (Lipinski definition) is 0. The molecule has 1 heteroatoms. The Hall–Kier alpha value is -0.980. The van der Waals surface area contributed by atoms with Crippen molar-refractivity contribution < 1.29 is 10.2 Å². The number of ether oxygens (including phenoxy) is 1. The van der Waals surface area contributed by atoms with E-state index in [-0.39, 0.29) is 35.8 Å². The largest absolute Gasteiger partial charge is 0.497 e. The molecule has 0 bridgehead atoms. The van der Waals surface area contributed by atoms with Gasteiger partial charge in [0.15, 0.2) is 0 Å². The fourth-order valence-electron chi connectivity index (χ4n) is 4.85. The van der Waals surface area contributed by atoms with Crippen molar-refractivity contribution in [1.82, 2.24) is 0 Å². The Kier molecular flexibility index (Phi) is 4.43. The molecule has 1 aromatic rings. The van der Waals surface area contributed by atoms with E-state index < -0.39 is 0 Å². The maximum atomic E-state index is 8.35. The number of methoxy groups -OCH3 is 1. The van der Waals surface area contributed by atoms with Crippen molar-refractivity contribution in [2.45, 2.75) is 77.0 Å². The average molecular weight is 319 g/mol. The first-order valence-electron chi connectivity index (χ1n) is 11.6. The highest BCUT2D eigenvalue weighted by Gasteiger charge is 2.30. The van der Waals surface area contributed by atoms with E-state index in [1.807, 2.05) is 0 Å². The van der Waals surface area contributed by atoms with Crippen LogP contribution in [-0.2, 0) is 0 Å². The molecule has 1 aromatic carbocycles. The predicted octanol–water partition coefficient (Wildman–Crippen LogP) is 6.58. The second-order valence-corrected chi connectivity index (χ2v) is 7.63. The molecule has 23 heavy (non-hydrogen) atoms. The Morgan fingerprint density at radius 1 is 0.913 bits per heavy atom. The van der Waals surface area contributed by atoms with Gasteiger partial charge in [0, 0.05) is 0 Å². The van der Waals surface area contributed by atoms with E-state index in [4.69, 9.17) is 10.2 Å². The van der Waals surface area contributed by atoms with Crippen LogP contribution in [-0.4, -0.2) is 7.11 Å². The molecule has 2 fully saturated rings. The number of benzene rings is 1. The summed E-state index contributed by atoms with van der Waals surface area (Å²) in [7, 11) is 1.41. The van der Waals surface area contributed by atoms with E-state index in [2.05, 4.69) is 6.92 Å². The Morgan fingerprint density at radius 3 is 2.00 bits per heavy atom. The normalized spacial score (nSPS) is 34.2. The number of hydrogen-bond acceptors (Lipinski definition) is 1. The summed E-state index contributed by atoms with van der Waals surface area (Å²) in [5.74, 6) is 2.81. The summed E-state index contributed by atoms with van der Waals surface area (Å²) in [4.78, 5) is 0. The van der Waals surface area contributed by atoms with E-state index in [1.165, 1.54) is 58.5 Å². The molecule has 2 aliphatic rings. The molecule has 0 spiro atoms. The molecule has 2 aliphatic carbocycles. The summed E-state index contributed by atoms with van der Waals surface area (Å²) in [6.45, 7) is 2.29. The molecule has 0 amide bonds. The number of rotatable bonds is 5. The first kappa shape index (κ1) is 12.4. The second-order valence-electron chi connectivity index (χ2n) is 7.63. The van der Waals surface area contributed by atoms with Crippen molar-refractivity contribution >= 4 is 0 Å². The van der Waals surface area contributed by atoms with Gasteiger partial charge in [0.2, 0.25) is 0 Å². The third-order valence-electron chi connectivity index (χ3n) is 6.26. The first-order chi connectivity index (χ1) is 13.0. The maximum Gasteiger partial charge on any atom is 0.118 e. The van der Waals surface area contributed by atoms with E-state index in [0.29, 0.717) is 5.56 Å². The minimum atomic E-state index is -0.0372. The van der Waals surface area contributed by atoms with E-state index in [0.717, 1.165) is 30.6 Å². The Morgan fingerprint density at radius 2 is 1.48 bits per heavy atom. The standard InChI is InChI=1S/C22H34O/c1-3-4-17-5-7-18(8-6-17)19-9-11-20(12-10-19)21-13-15-22(23-2)16-14-21/h13-20H,3-12H2,1-2H3/i13D,14D,15D,16D. The Labute approximate surface area is 148 Å². The summed E-state index contributed by atoms with van der Waals surface area (Å²) < 4.78 is 38.0. The molecule has 0 atom stereocenters. The second kappa shape index (κ2) is 8.22. The predicted molar refractivity (Wildman–Crippen MR) is 98.0 cm³/mol. The molecule has 3 rings (SSSR count). The van der Waals surface area contributed by atoms with Gasteiger partial charge in [0.05, 0.1) is 12.6 Å². The molecule has 2 saturated carbocycles. The van der Waals surface area contributed by atoms with Gasteiger partial charge in [-0.3, -0.25) is 0 Å². The summed E-state index contributed by atoms with van der Waals surface area (Å²) >= 11 is 0. The van der Waals surface area contributed by atoms with Gasteiger partial charge in [0.25, 0.3) is 0 Å². The highest BCUT2D eigenvalue weighted by atomic mass is 16.5. The van der Waals surface area contributed by atoms with Crippen LogP contribution < -0.4 is 4.74 Å². The van der Waals surface area contributed by atoms with Crippen molar-refractivity contribution in [3.63, 3.8) is 0 Å². The van der Waals surface area contributed by atoms with E-state index in [9.17, 15) is 0 Å². The van der Waals surface area contributed by atoms with Crippen LogP contribution in [0.2, 0.25) is 0 Å².